The minimum atomic E-state index is -0.412. The number of likely N-dealkylation sites (N-methyl/N-ethyl adjacent to an activating group) is 1. The highest BCUT2D eigenvalue weighted by molar-refractivity contribution is 5.95. The first-order valence-corrected chi connectivity index (χ1v) is 10.7. The van der Waals surface area contributed by atoms with E-state index in [0.29, 0.717) is 12.1 Å². The molecule has 2 heterocycles. The number of aliphatic hydroxyl groups excluding tert-OH is 1. The summed E-state index contributed by atoms with van der Waals surface area (Å²) in [5, 5.41) is 10.2. The summed E-state index contributed by atoms with van der Waals surface area (Å²) < 4.78 is 13.8. The standard InChI is InChI=1S/C26H25FN2O2/c1-28-23-11-10-18(17-6-3-2-4-7-17)15-22(23)25-21(24(28)16-30)12-13-29(25)26(31)19-8-5-9-20(27)14-19/h2-11,14-15,21,24-25,30H,12-13,16H2,1H3/t21-,24-,25-/m1/s1. The molecule has 1 amide bonds. The quantitative estimate of drug-likeness (QED) is 0.683. The molecule has 0 aromatic heterocycles. The fourth-order valence-electron chi connectivity index (χ4n) is 5.28. The van der Waals surface area contributed by atoms with Crippen molar-refractivity contribution < 1.29 is 14.3 Å². The van der Waals surface area contributed by atoms with Crippen LogP contribution in [0.5, 0.6) is 0 Å². The fourth-order valence-corrected chi connectivity index (χ4v) is 5.28. The van der Waals surface area contributed by atoms with E-state index in [-0.39, 0.29) is 30.5 Å². The molecule has 0 aliphatic carbocycles. The van der Waals surface area contributed by atoms with Crippen molar-refractivity contribution >= 4 is 11.6 Å². The second kappa shape index (κ2) is 7.82. The number of carbonyl (C=O) groups is 1. The Morgan fingerprint density at radius 3 is 2.58 bits per heavy atom. The Bertz CT molecular complexity index is 1120. The summed E-state index contributed by atoms with van der Waals surface area (Å²) in [5.41, 5.74) is 4.69. The highest BCUT2D eigenvalue weighted by Gasteiger charge is 2.47. The number of halogens is 1. The van der Waals surface area contributed by atoms with Crippen molar-refractivity contribution in [3.05, 3.63) is 89.7 Å². The van der Waals surface area contributed by atoms with Crippen LogP contribution in [0.2, 0.25) is 0 Å². The zero-order chi connectivity index (χ0) is 21.5. The summed E-state index contributed by atoms with van der Waals surface area (Å²) in [4.78, 5) is 17.4. The minimum Gasteiger partial charge on any atom is -0.394 e. The summed E-state index contributed by atoms with van der Waals surface area (Å²) in [6.45, 7) is 0.615. The first-order chi connectivity index (χ1) is 15.1. The normalized spacial score (nSPS) is 22.2. The molecule has 0 bridgehead atoms. The van der Waals surface area contributed by atoms with Gasteiger partial charge in [0.2, 0.25) is 0 Å². The van der Waals surface area contributed by atoms with Crippen LogP contribution in [-0.4, -0.2) is 42.2 Å². The Labute approximate surface area is 181 Å². The third-order valence-corrected chi connectivity index (χ3v) is 6.79. The Morgan fingerprint density at radius 2 is 1.84 bits per heavy atom. The van der Waals surface area contributed by atoms with E-state index < -0.39 is 5.82 Å². The van der Waals surface area contributed by atoms with Crippen LogP contribution in [0.15, 0.2) is 72.8 Å². The summed E-state index contributed by atoms with van der Waals surface area (Å²) in [6, 6.07) is 22.2. The highest BCUT2D eigenvalue weighted by Crippen LogP contribution is 2.49. The van der Waals surface area contributed by atoms with Gasteiger partial charge in [-0.1, -0.05) is 42.5 Å². The van der Waals surface area contributed by atoms with Gasteiger partial charge in [-0.2, -0.15) is 0 Å². The Balaban J connectivity index is 1.61. The molecule has 158 valence electrons. The van der Waals surface area contributed by atoms with Crippen LogP contribution in [0, 0.1) is 11.7 Å². The first-order valence-electron chi connectivity index (χ1n) is 10.7. The van der Waals surface area contributed by atoms with Crippen LogP contribution in [0.3, 0.4) is 0 Å². The topological polar surface area (TPSA) is 43.8 Å². The number of amides is 1. The van der Waals surface area contributed by atoms with Crippen LogP contribution >= 0.6 is 0 Å². The van der Waals surface area contributed by atoms with Gasteiger partial charge in [-0.3, -0.25) is 4.79 Å². The summed E-state index contributed by atoms with van der Waals surface area (Å²) in [6.07, 6.45) is 0.802. The number of hydrogen-bond acceptors (Lipinski definition) is 3. The van der Waals surface area contributed by atoms with Gasteiger partial charge in [-0.25, -0.2) is 4.39 Å². The highest BCUT2D eigenvalue weighted by atomic mass is 19.1. The number of anilines is 1. The molecule has 3 atom stereocenters. The zero-order valence-electron chi connectivity index (χ0n) is 17.4. The average molecular weight is 416 g/mol. The van der Waals surface area contributed by atoms with E-state index in [9.17, 15) is 14.3 Å². The summed E-state index contributed by atoms with van der Waals surface area (Å²) in [7, 11) is 2.01. The second-order valence-electron chi connectivity index (χ2n) is 8.41. The number of likely N-dealkylation sites (tertiary alicyclic amines) is 1. The molecule has 0 saturated carbocycles. The largest absolute Gasteiger partial charge is 0.394 e. The van der Waals surface area contributed by atoms with Crippen LogP contribution in [0.1, 0.15) is 28.4 Å². The molecular formula is C26H25FN2O2. The molecule has 3 aromatic rings. The van der Waals surface area contributed by atoms with E-state index in [1.165, 1.54) is 12.1 Å². The van der Waals surface area contributed by atoms with E-state index in [1.807, 2.05) is 30.1 Å². The Hall–Kier alpha value is -3.18. The molecule has 2 aliphatic heterocycles. The number of aliphatic hydroxyl groups is 1. The molecule has 4 nitrogen and oxygen atoms in total. The van der Waals surface area contributed by atoms with Crippen molar-refractivity contribution in [2.75, 3.05) is 25.1 Å². The van der Waals surface area contributed by atoms with Gasteiger partial charge in [-0.05, 0) is 53.4 Å². The van der Waals surface area contributed by atoms with Gasteiger partial charge < -0.3 is 14.9 Å². The van der Waals surface area contributed by atoms with Crippen molar-refractivity contribution in [1.82, 2.24) is 4.90 Å². The van der Waals surface area contributed by atoms with Gasteiger partial charge in [0.1, 0.15) is 5.82 Å². The predicted molar refractivity (Wildman–Crippen MR) is 119 cm³/mol. The lowest BCUT2D eigenvalue weighted by molar-refractivity contribution is 0.0693. The molecule has 1 saturated heterocycles. The SMILES string of the molecule is CN1c2ccc(-c3ccccc3)cc2[C@H]2[C@H](CCN2C(=O)c2cccc(F)c2)[C@H]1CO. The van der Waals surface area contributed by atoms with E-state index in [2.05, 4.69) is 35.2 Å². The maximum Gasteiger partial charge on any atom is 0.254 e. The van der Waals surface area contributed by atoms with Crippen LogP contribution in [0.25, 0.3) is 11.1 Å². The third kappa shape index (κ3) is 3.29. The molecule has 5 heteroatoms. The molecule has 0 unspecified atom stereocenters. The second-order valence-corrected chi connectivity index (χ2v) is 8.41. The minimum absolute atomic E-state index is 0.0273. The summed E-state index contributed by atoms with van der Waals surface area (Å²) >= 11 is 0. The maximum atomic E-state index is 13.8. The molecule has 31 heavy (non-hydrogen) atoms. The van der Waals surface area contributed by atoms with E-state index in [1.54, 1.807) is 12.1 Å². The van der Waals surface area contributed by atoms with Crippen LogP contribution in [0.4, 0.5) is 10.1 Å². The van der Waals surface area contributed by atoms with Gasteiger partial charge in [0.15, 0.2) is 0 Å². The lowest BCUT2D eigenvalue weighted by Crippen LogP contribution is -2.48. The van der Waals surface area contributed by atoms with Crippen molar-refractivity contribution in [1.29, 1.82) is 0 Å². The molecule has 3 aromatic carbocycles. The molecule has 5 rings (SSSR count). The number of carbonyl (C=O) groups excluding carboxylic acids is 1. The zero-order valence-corrected chi connectivity index (χ0v) is 17.4. The van der Waals surface area contributed by atoms with Gasteiger partial charge in [0, 0.05) is 30.8 Å². The molecule has 1 fully saturated rings. The fraction of sp³-hybridized carbons (Fsp3) is 0.269. The number of fused-ring (bicyclic) bond motifs is 3. The van der Waals surface area contributed by atoms with Crippen molar-refractivity contribution in [3.8, 4) is 11.1 Å². The van der Waals surface area contributed by atoms with E-state index in [0.717, 1.165) is 28.8 Å². The Kier molecular flexibility index (Phi) is 4.98. The molecule has 0 radical (unpaired) electrons. The number of nitrogens with zero attached hydrogens (tertiary/aromatic N) is 2. The monoisotopic (exact) mass is 416 g/mol. The smallest absolute Gasteiger partial charge is 0.254 e. The maximum absolute atomic E-state index is 13.8. The number of rotatable bonds is 3. The lowest BCUT2D eigenvalue weighted by atomic mass is 9.81. The van der Waals surface area contributed by atoms with Gasteiger partial charge in [-0.15, -0.1) is 0 Å². The molecular weight excluding hydrogens is 391 g/mol. The number of benzene rings is 3. The molecule has 2 aliphatic rings. The van der Waals surface area contributed by atoms with Gasteiger partial charge in [0.25, 0.3) is 5.91 Å². The lowest BCUT2D eigenvalue weighted by Gasteiger charge is -2.44. The van der Waals surface area contributed by atoms with E-state index >= 15 is 0 Å². The first kappa shape index (κ1) is 19.8. The van der Waals surface area contributed by atoms with Crippen LogP contribution in [-0.2, 0) is 0 Å². The number of hydrogen-bond donors (Lipinski definition) is 1. The average Bonchev–Trinajstić information content (AvgIpc) is 3.24. The van der Waals surface area contributed by atoms with Crippen molar-refractivity contribution in [3.63, 3.8) is 0 Å². The predicted octanol–water partition coefficient (Wildman–Crippen LogP) is 4.51. The van der Waals surface area contributed by atoms with Crippen molar-refractivity contribution in [2.45, 2.75) is 18.5 Å². The van der Waals surface area contributed by atoms with Gasteiger partial charge in [0.05, 0.1) is 18.7 Å². The van der Waals surface area contributed by atoms with Crippen molar-refractivity contribution in [2.24, 2.45) is 5.92 Å². The summed E-state index contributed by atoms with van der Waals surface area (Å²) in [5.74, 6) is -0.458. The van der Waals surface area contributed by atoms with E-state index in [4.69, 9.17) is 0 Å². The molecule has 0 spiro atoms. The van der Waals surface area contributed by atoms with Crippen LogP contribution < -0.4 is 4.90 Å². The van der Waals surface area contributed by atoms with Gasteiger partial charge >= 0.3 is 0 Å². The third-order valence-electron chi connectivity index (χ3n) is 6.79. The molecule has 1 N–H and O–H groups in total. The Morgan fingerprint density at radius 1 is 1.03 bits per heavy atom.